The van der Waals surface area contributed by atoms with E-state index in [4.69, 9.17) is 4.74 Å². The van der Waals surface area contributed by atoms with Crippen molar-refractivity contribution in [3.8, 4) is 0 Å². The van der Waals surface area contributed by atoms with Gasteiger partial charge in [-0.3, -0.25) is 9.69 Å². The van der Waals surface area contributed by atoms with Crippen LogP contribution in [0.1, 0.15) is 31.0 Å². The summed E-state index contributed by atoms with van der Waals surface area (Å²) in [6.07, 6.45) is 1.42. The summed E-state index contributed by atoms with van der Waals surface area (Å²) >= 11 is 1.69. The van der Waals surface area contributed by atoms with Crippen molar-refractivity contribution in [3.63, 3.8) is 0 Å². The van der Waals surface area contributed by atoms with Crippen molar-refractivity contribution in [2.45, 2.75) is 33.2 Å². The van der Waals surface area contributed by atoms with Crippen LogP contribution in [0.5, 0.6) is 0 Å². The molecule has 0 fully saturated rings. The molecule has 0 saturated heterocycles. The number of carbonyl (C=O) groups excluding carboxylic acids is 1. The maximum absolute atomic E-state index is 11.2. The summed E-state index contributed by atoms with van der Waals surface area (Å²) in [5, 5.41) is 3.25. The summed E-state index contributed by atoms with van der Waals surface area (Å²) < 4.78 is 4.88. The Morgan fingerprint density at radius 3 is 2.88 bits per heavy atom. The van der Waals surface area contributed by atoms with Crippen LogP contribution in [-0.4, -0.2) is 36.1 Å². The van der Waals surface area contributed by atoms with Crippen LogP contribution in [0.3, 0.4) is 0 Å². The van der Waals surface area contributed by atoms with E-state index in [-0.39, 0.29) is 5.97 Å². The van der Waals surface area contributed by atoms with Gasteiger partial charge in [-0.05, 0) is 20.4 Å². The monoisotopic (exact) mass is 256 g/mol. The molecule has 0 aliphatic carbocycles. The Bertz CT molecular complexity index is 352. The first kappa shape index (κ1) is 14.1. The van der Waals surface area contributed by atoms with Gasteiger partial charge >= 0.3 is 5.97 Å². The van der Waals surface area contributed by atoms with Crippen LogP contribution in [-0.2, 0) is 22.5 Å². The van der Waals surface area contributed by atoms with Crippen molar-refractivity contribution in [1.29, 1.82) is 0 Å². The van der Waals surface area contributed by atoms with E-state index in [1.165, 1.54) is 5.01 Å². The van der Waals surface area contributed by atoms with Crippen LogP contribution >= 0.6 is 11.3 Å². The third kappa shape index (κ3) is 5.28. The van der Waals surface area contributed by atoms with Gasteiger partial charge in [-0.2, -0.15) is 0 Å². The van der Waals surface area contributed by atoms with Gasteiger partial charge in [-0.15, -0.1) is 11.3 Å². The van der Waals surface area contributed by atoms with Gasteiger partial charge in [0.15, 0.2) is 0 Å². The normalized spacial score (nSPS) is 10.8. The molecule has 1 aromatic rings. The second-order valence-corrected chi connectivity index (χ2v) is 4.82. The second kappa shape index (κ2) is 7.40. The summed E-state index contributed by atoms with van der Waals surface area (Å²) in [6, 6.07) is 0. The Morgan fingerprint density at radius 2 is 2.29 bits per heavy atom. The molecule has 0 spiro atoms. The quantitative estimate of drug-likeness (QED) is 0.701. The molecule has 0 aromatic carbocycles. The fourth-order valence-corrected chi connectivity index (χ4v) is 2.19. The molecule has 0 amide bonds. The SMILES string of the molecule is CCOC(=O)CCN(C)Cc1csc(CC)n1. The lowest BCUT2D eigenvalue weighted by atomic mass is 10.3. The van der Waals surface area contributed by atoms with Crippen LogP contribution in [0.15, 0.2) is 5.38 Å². The first-order valence-electron chi connectivity index (χ1n) is 5.93. The third-order valence-electron chi connectivity index (χ3n) is 2.34. The van der Waals surface area contributed by atoms with Gasteiger partial charge in [-0.25, -0.2) is 4.98 Å². The Balaban J connectivity index is 2.29. The largest absolute Gasteiger partial charge is 0.466 e. The predicted octanol–water partition coefficient (Wildman–Crippen LogP) is 2.09. The van der Waals surface area contributed by atoms with E-state index >= 15 is 0 Å². The average molecular weight is 256 g/mol. The first-order chi connectivity index (χ1) is 8.15. The predicted molar refractivity (Wildman–Crippen MR) is 69.1 cm³/mol. The maximum Gasteiger partial charge on any atom is 0.307 e. The minimum atomic E-state index is -0.133. The number of carbonyl (C=O) groups is 1. The van der Waals surface area contributed by atoms with Crippen LogP contribution in [0.25, 0.3) is 0 Å². The molecule has 96 valence electrons. The smallest absolute Gasteiger partial charge is 0.307 e. The lowest BCUT2D eigenvalue weighted by Crippen LogP contribution is -2.22. The molecule has 0 saturated carbocycles. The number of thiazole rings is 1. The van der Waals surface area contributed by atoms with E-state index in [0.29, 0.717) is 19.6 Å². The molecule has 4 nitrogen and oxygen atoms in total. The number of nitrogens with zero attached hydrogens (tertiary/aromatic N) is 2. The van der Waals surface area contributed by atoms with Crippen molar-refractivity contribution in [1.82, 2.24) is 9.88 Å². The van der Waals surface area contributed by atoms with E-state index in [1.807, 2.05) is 14.0 Å². The summed E-state index contributed by atoms with van der Waals surface area (Å²) in [5.41, 5.74) is 1.08. The van der Waals surface area contributed by atoms with Crippen molar-refractivity contribution < 1.29 is 9.53 Å². The van der Waals surface area contributed by atoms with Gasteiger partial charge in [0.2, 0.25) is 0 Å². The highest BCUT2D eigenvalue weighted by atomic mass is 32.1. The van der Waals surface area contributed by atoms with Gasteiger partial charge in [0.25, 0.3) is 0 Å². The van der Waals surface area contributed by atoms with Gasteiger partial charge in [-0.1, -0.05) is 6.92 Å². The van der Waals surface area contributed by atoms with Crippen LogP contribution in [0, 0.1) is 0 Å². The summed E-state index contributed by atoms with van der Waals surface area (Å²) in [5.74, 6) is -0.133. The number of hydrogen-bond acceptors (Lipinski definition) is 5. The molecular weight excluding hydrogens is 236 g/mol. The second-order valence-electron chi connectivity index (χ2n) is 3.88. The summed E-state index contributed by atoms with van der Waals surface area (Å²) in [4.78, 5) is 17.8. The summed E-state index contributed by atoms with van der Waals surface area (Å²) in [6.45, 7) is 5.87. The molecule has 0 radical (unpaired) electrons. The molecule has 5 heteroatoms. The Kier molecular flexibility index (Phi) is 6.15. The van der Waals surface area contributed by atoms with E-state index in [2.05, 4.69) is 22.2 Å². The number of aromatic nitrogens is 1. The van der Waals surface area contributed by atoms with Gasteiger partial charge in [0.05, 0.1) is 23.7 Å². The molecular formula is C12H20N2O2S. The molecule has 0 bridgehead atoms. The zero-order valence-corrected chi connectivity index (χ0v) is 11.5. The van der Waals surface area contributed by atoms with Gasteiger partial charge in [0.1, 0.15) is 0 Å². The zero-order chi connectivity index (χ0) is 12.7. The Hall–Kier alpha value is -0.940. The molecule has 17 heavy (non-hydrogen) atoms. The minimum absolute atomic E-state index is 0.133. The van der Waals surface area contributed by atoms with Crippen molar-refractivity contribution in [2.24, 2.45) is 0 Å². The van der Waals surface area contributed by atoms with Crippen molar-refractivity contribution >= 4 is 17.3 Å². The molecule has 1 rings (SSSR count). The van der Waals surface area contributed by atoms with Crippen LogP contribution in [0.2, 0.25) is 0 Å². The lowest BCUT2D eigenvalue weighted by molar-refractivity contribution is -0.143. The standard InChI is InChI=1S/C12H20N2O2S/c1-4-11-13-10(9-17-11)8-14(3)7-6-12(15)16-5-2/h9H,4-8H2,1-3H3. The van der Waals surface area contributed by atoms with Gasteiger partial charge in [0, 0.05) is 18.5 Å². The first-order valence-corrected chi connectivity index (χ1v) is 6.81. The topological polar surface area (TPSA) is 42.4 Å². The fourth-order valence-electron chi connectivity index (χ4n) is 1.45. The summed E-state index contributed by atoms with van der Waals surface area (Å²) in [7, 11) is 1.99. The van der Waals surface area contributed by atoms with Gasteiger partial charge < -0.3 is 4.74 Å². The molecule has 0 aliphatic rings. The molecule has 0 aliphatic heterocycles. The Labute approximate surface area is 107 Å². The van der Waals surface area contributed by atoms with Crippen molar-refractivity contribution in [3.05, 3.63) is 16.1 Å². The number of hydrogen-bond donors (Lipinski definition) is 0. The molecule has 0 N–H and O–H groups in total. The average Bonchev–Trinajstić information content (AvgIpc) is 2.74. The third-order valence-corrected chi connectivity index (χ3v) is 3.38. The lowest BCUT2D eigenvalue weighted by Gasteiger charge is -2.14. The fraction of sp³-hybridized carbons (Fsp3) is 0.667. The number of aryl methyl sites for hydroxylation is 1. The minimum Gasteiger partial charge on any atom is -0.466 e. The highest BCUT2D eigenvalue weighted by molar-refractivity contribution is 7.09. The Morgan fingerprint density at radius 1 is 1.53 bits per heavy atom. The molecule has 0 unspecified atom stereocenters. The van der Waals surface area contributed by atoms with E-state index in [0.717, 1.165) is 18.7 Å². The molecule has 0 atom stereocenters. The molecule has 1 heterocycles. The van der Waals surface area contributed by atoms with Crippen LogP contribution < -0.4 is 0 Å². The number of rotatable bonds is 7. The van der Waals surface area contributed by atoms with E-state index < -0.39 is 0 Å². The van der Waals surface area contributed by atoms with E-state index in [9.17, 15) is 4.79 Å². The van der Waals surface area contributed by atoms with Crippen molar-refractivity contribution in [2.75, 3.05) is 20.2 Å². The zero-order valence-electron chi connectivity index (χ0n) is 10.7. The number of ether oxygens (including phenoxy) is 1. The maximum atomic E-state index is 11.2. The highest BCUT2D eigenvalue weighted by Crippen LogP contribution is 2.11. The molecule has 1 aromatic heterocycles. The van der Waals surface area contributed by atoms with E-state index in [1.54, 1.807) is 11.3 Å². The number of esters is 1. The van der Waals surface area contributed by atoms with Crippen LogP contribution in [0.4, 0.5) is 0 Å². The highest BCUT2D eigenvalue weighted by Gasteiger charge is 2.07.